The van der Waals surface area contributed by atoms with Crippen molar-refractivity contribution in [3.05, 3.63) is 51.7 Å². The smallest absolute Gasteiger partial charge is 0.243 e. The summed E-state index contributed by atoms with van der Waals surface area (Å²) in [7, 11) is -3.59. The monoisotopic (exact) mass is 419 g/mol. The Morgan fingerprint density at radius 2 is 1.68 bits per heavy atom. The van der Waals surface area contributed by atoms with E-state index in [1.54, 1.807) is 18.2 Å². The Balaban J connectivity index is 1.82. The van der Waals surface area contributed by atoms with Gasteiger partial charge >= 0.3 is 0 Å². The molecule has 0 N–H and O–H groups in total. The van der Waals surface area contributed by atoms with Gasteiger partial charge in [-0.2, -0.15) is 4.31 Å². The van der Waals surface area contributed by atoms with Gasteiger partial charge in [0.1, 0.15) is 0 Å². The summed E-state index contributed by atoms with van der Waals surface area (Å²) in [5.74, 6) is 0. The molecular formula is C16H16Cl3N3O2S. The minimum Gasteiger partial charge on any atom is -0.368 e. The van der Waals surface area contributed by atoms with Crippen LogP contribution in [-0.2, 0) is 10.0 Å². The van der Waals surface area contributed by atoms with Crippen LogP contribution in [0, 0.1) is 0 Å². The highest BCUT2D eigenvalue weighted by molar-refractivity contribution is 7.89. The standard InChI is InChI=1S/C16H16Cl3N3O2S/c17-12-3-1-4-13(9-12)25(23,24)22-6-2-5-21(7-8-22)16-14(18)10-20-11-15(16)19/h1,3-4,9-11H,2,5-8H2. The first-order chi connectivity index (χ1) is 11.9. The molecule has 0 atom stereocenters. The van der Waals surface area contributed by atoms with Crippen LogP contribution in [-0.4, -0.2) is 43.9 Å². The molecular weight excluding hydrogens is 405 g/mol. The highest BCUT2D eigenvalue weighted by atomic mass is 35.5. The van der Waals surface area contributed by atoms with Gasteiger partial charge in [-0.1, -0.05) is 40.9 Å². The van der Waals surface area contributed by atoms with Crippen molar-refractivity contribution in [2.75, 3.05) is 31.1 Å². The van der Waals surface area contributed by atoms with Crippen LogP contribution in [0.5, 0.6) is 0 Å². The average molecular weight is 421 g/mol. The predicted octanol–water partition coefficient (Wildman–Crippen LogP) is 3.94. The molecule has 1 saturated heterocycles. The van der Waals surface area contributed by atoms with E-state index in [0.29, 0.717) is 53.4 Å². The molecule has 1 aliphatic rings. The molecule has 2 aromatic rings. The molecule has 5 nitrogen and oxygen atoms in total. The van der Waals surface area contributed by atoms with Crippen molar-refractivity contribution in [2.24, 2.45) is 0 Å². The van der Waals surface area contributed by atoms with Crippen LogP contribution >= 0.6 is 34.8 Å². The molecule has 1 aromatic heterocycles. The SMILES string of the molecule is O=S(=O)(c1cccc(Cl)c1)N1CCCN(c2c(Cl)cncc2Cl)CC1. The van der Waals surface area contributed by atoms with Crippen molar-refractivity contribution in [3.8, 4) is 0 Å². The van der Waals surface area contributed by atoms with E-state index in [1.165, 1.54) is 22.8 Å². The van der Waals surface area contributed by atoms with Crippen molar-refractivity contribution in [3.63, 3.8) is 0 Å². The number of sulfonamides is 1. The Kier molecular flexibility index (Phi) is 5.75. The number of aromatic nitrogens is 1. The van der Waals surface area contributed by atoms with E-state index < -0.39 is 10.0 Å². The molecule has 2 heterocycles. The summed E-state index contributed by atoms with van der Waals surface area (Å²) < 4.78 is 27.2. The second-order valence-corrected chi connectivity index (χ2v) is 8.84. The third kappa shape index (κ3) is 4.04. The third-order valence-electron chi connectivity index (χ3n) is 4.03. The number of benzene rings is 1. The fraction of sp³-hybridized carbons (Fsp3) is 0.312. The largest absolute Gasteiger partial charge is 0.368 e. The van der Waals surface area contributed by atoms with Gasteiger partial charge in [0.25, 0.3) is 0 Å². The molecule has 0 bridgehead atoms. The fourth-order valence-electron chi connectivity index (χ4n) is 2.84. The van der Waals surface area contributed by atoms with Gasteiger partial charge in [0.15, 0.2) is 0 Å². The van der Waals surface area contributed by atoms with Crippen LogP contribution in [0.4, 0.5) is 5.69 Å². The molecule has 0 unspecified atom stereocenters. The van der Waals surface area contributed by atoms with E-state index in [2.05, 4.69) is 4.98 Å². The first-order valence-electron chi connectivity index (χ1n) is 7.69. The Morgan fingerprint density at radius 3 is 2.36 bits per heavy atom. The molecule has 134 valence electrons. The van der Waals surface area contributed by atoms with Crippen LogP contribution in [0.2, 0.25) is 15.1 Å². The maximum atomic E-state index is 12.9. The molecule has 0 radical (unpaired) electrons. The van der Waals surface area contributed by atoms with Gasteiger partial charge in [0, 0.05) is 43.6 Å². The van der Waals surface area contributed by atoms with Crippen molar-refractivity contribution in [1.29, 1.82) is 0 Å². The Hall–Kier alpha value is -1.05. The zero-order valence-electron chi connectivity index (χ0n) is 13.2. The van der Waals surface area contributed by atoms with E-state index in [-0.39, 0.29) is 4.90 Å². The van der Waals surface area contributed by atoms with E-state index in [1.807, 2.05) is 4.90 Å². The molecule has 0 spiro atoms. The summed E-state index contributed by atoms with van der Waals surface area (Å²) >= 11 is 18.4. The summed E-state index contributed by atoms with van der Waals surface area (Å²) in [6.07, 6.45) is 3.73. The fourth-order valence-corrected chi connectivity index (χ4v) is 5.22. The summed E-state index contributed by atoms with van der Waals surface area (Å²) in [6, 6.07) is 6.31. The van der Waals surface area contributed by atoms with E-state index in [9.17, 15) is 8.42 Å². The predicted molar refractivity (Wildman–Crippen MR) is 101 cm³/mol. The maximum absolute atomic E-state index is 12.9. The molecule has 3 rings (SSSR count). The number of nitrogens with zero attached hydrogens (tertiary/aromatic N) is 3. The van der Waals surface area contributed by atoms with Gasteiger partial charge < -0.3 is 4.90 Å². The van der Waals surface area contributed by atoms with Gasteiger partial charge in [-0.3, -0.25) is 4.98 Å². The van der Waals surface area contributed by atoms with Gasteiger partial charge in [0.05, 0.1) is 20.6 Å². The van der Waals surface area contributed by atoms with Gasteiger partial charge in [-0.15, -0.1) is 0 Å². The van der Waals surface area contributed by atoms with Crippen molar-refractivity contribution >= 4 is 50.5 Å². The zero-order valence-corrected chi connectivity index (χ0v) is 16.3. The van der Waals surface area contributed by atoms with Gasteiger partial charge in [-0.05, 0) is 24.6 Å². The van der Waals surface area contributed by atoms with Gasteiger partial charge in [0.2, 0.25) is 10.0 Å². The second kappa shape index (κ2) is 7.68. The first kappa shape index (κ1) is 18.7. The summed E-state index contributed by atoms with van der Waals surface area (Å²) in [5.41, 5.74) is 0.695. The van der Waals surface area contributed by atoms with Crippen LogP contribution in [0.25, 0.3) is 0 Å². The van der Waals surface area contributed by atoms with Crippen LogP contribution in [0.15, 0.2) is 41.6 Å². The highest BCUT2D eigenvalue weighted by Crippen LogP contribution is 2.33. The molecule has 0 aliphatic carbocycles. The number of halogens is 3. The highest BCUT2D eigenvalue weighted by Gasteiger charge is 2.28. The summed E-state index contributed by atoms with van der Waals surface area (Å²) in [4.78, 5) is 6.16. The molecule has 0 amide bonds. The molecule has 0 saturated carbocycles. The van der Waals surface area contributed by atoms with E-state index in [4.69, 9.17) is 34.8 Å². The molecule has 1 fully saturated rings. The number of hydrogen-bond donors (Lipinski definition) is 0. The van der Waals surface area contributed by atoms with Crippen LogP contribution < -0.4 is 4.90 Å². The van der Waals surface area contributed by atoms with E-state index in [0.717, 1.165) is 0 Å². The normalized spacial score (nSPS) is 16.7. The third-order valence-corrected chi connectivity index (χ3v) is 6.72. The molecule has 1 aromatic carbocycles. The number of rotatable bonds is 3. The van der Waals surface area contributed by atoms with Crippen molar-refractivity contribution in [2.45, 2.75) is 11.3 Å². The Bertz CT molecular complexity index is 856. The lowest BCUT2D eigenvalue weighted by atomic mass is 10.3. The van der Waals surface area contributed by atoms with Crippen molar-refractivity contribution in [1.82, 2.24) is 9.29 Å². The molecule has 25 heavy (non-hydrogen) atoms. The number of hydrogen-bond acceptors (Lipinski definition) is 4. The topological polar surface area (TPSA) is 53.5 Å². The Labute approximate surface area is 162 Å². The summed E-state index contributed by atoms with van der Waals surface area (Å²) in [6.45, 7) is 1.91. The second-order valence-electron chi connectivity index (χ2n) is 5.65. The maximum Gasteiger partial charge on any atom is 0.243 e. The Morgan fingerprint density at radius 1 is 0.960 bits per heavy atom. The minimum atomic E-state index is -3.59. The van der Waals surface area contributed by atoms with Crippen LogP contribution in [0.3, 0.4) is 0 Å². The quantitative estimate of drug-likeness (QED) is 0.754. The average Bonchev–Trinajstić information content (AvgIpc) is 2.81. The number of pyridine rings is 1. The zero-order chi connectivity index (χ0) is 18.0. The summed E-state index contributed by atoms with van der Waals surface area (Å²) in [5, 5.41) is 1.31. The molecule has 1 aliphatic heterocycles. The number of anilines is 1. The lowest BCUT2D eigenvalue weighted by molar-refractivity contribution is 0.433. The lowest BCUT2D eigenvalue weighted by Gasteiger charge is -2.25. The molecule has 9 heteroatoms. The van der Waals surface area contributed by atoms with E-state index >= 15 is 0 Å². The lowest BCUT2D eigenvalue weighted by Crippen LogP contribution is -2.35. The van der Waals surface area contributed by atoms with Gasteiger partial charge in [-0.25, -0.2) is 8.42 Å². The first-order valence-corrected chi connectivity index (χ1v) is 10.3. The van der Waals surface area contributed by atoms with Crippen molar-refractivity contribution < 1.29 is 8.42 Å². The van der Waals surface area contributed by atoms with Crippen LogP contribution in [0.1, 0.15) is 6.42 Å². The minimum absolute atomic E-state index is 0.202.